The molecule has 2 aromatic carbocycles. The summed E-state index contributed by atoms with van der Waals surface area (Å²) in [4.78, 5) is 21.3. The maximum Gasteiger partial charge on any atom is 0.313 e. The molecule has 0 bridgehead atoms. The number of carbonyl (C=O) groups excluding carboxylic acids is 1. The molecule has 4 heteroatoms. The third-order valence-corrected chi connectivity index (χ3v) is 3.38. The van der Waals surface area contributed by atoms with Gasteiger partial charge in [0.25, 0.3) is 0 Å². The Hall–Kier alpha value is -2.36. The van der Waals surface area contributed by atoms with Crippen molar-refractivity contribution in [3.8, 4) is 5.75 Å². The number of fused-ring (bicyclic) bond motifs is 1. The van der Waals surface area contributed by atoms with Crippen LogP contribution in [-0.4, -0.2) is 24.0 Å². The molecule has 0 aliphatic carbocycles. The first kappa shape index (κ1) is 15.0. The van der Waals surface area contributed by atoms with Crippen LogP contribution < -0.4 is 4.74 Å². The third kappa shape index (κ3) is 4.05. The van der Waals surface area contributed by atoms with Crippen molar-refractivity contribution in [1.82, 2.24) is 0 Å². The number of benzene rings is 2. The fraction of sp³-hybridized carbons (Fsp3) is 0.294. The second kappa shape index (κ2) is 6.88. The van der Waals surface area contributed by atoms with Crippen LogP contribution in [0.1, 0.15) is 18.4 Å². The van der Waals surface area contributed by atoms with Gasteiger partial charge in [-0.25, -0.2) is 0 Å². The predicted octanol–water partition coefficient (Wildman–Crippen LogP) is 3.21. The van der Waals surface area contributed by atoms with Gasteiger partial charge in [0.15, 0.2) is 0 Å². The van der Waals surface area contributed by atoms with E-state index >= 15 is 0 Å². The Bertz CT molecular complexity index is 648. The standard InChI is InChI=1S/C17H18O4/c1-12-4-5-14-10-16(7-6-13(14)9-12)21-8-2-3-15(11-18)17(19)20/h4-7,9-11,15H,2-3,8H2,1H3,(H,19,20). The van der Waals surface area contributed by atoms with Crippen LogP contribution in [-0.2, 0) is 9.59 Å². The molecule has 0 saturated carbocycles. The molecule has 1 N–H and O–H groups in total. The minimum Gasteiger partial charge on any atom is -0.494 e. The highest BCUT2D eigenvalue weighted by atomic mass is 16.5. The molecule has 2 rings (SSSR count). The zero-order valence-electron chi connectivity index (χ0n) is 11.9. The van der Waals surface area contributed by atoms with E-state index in [9.17, 15) is 9.59 Å². The summed E-state index contributed by atoms with van der Waals surface area (Å²) in [5.74, 6) is -1.26. The number of hydrogen-bond acceptors (Lipinski definition) is 3. The lowest BCUT2D eigenvalue weighted by Crippen LogP contribution is -2.15. The van der Waals surface area contributed by atoms with E-state index in [2.05, 4.69) is 13.0 Å². The fourth-order valence-corrected chi connectivity index (χ4v) is 2.18. The van der Waals surface area contributed by atoms with E-state index in [1.807, 2.05) is 30.3 Å². The number of aldehydes is 1. The Balaban J connectivity index is 1.90. The molecular formula is C17H18O4. The number of aliphatic carboxylic acids is 1. The normalized spacial score (nSPS) is 12.0. The highest BCUT2D eigenvalue weighted by Crippen LogP contribution is 2.22. The molecule has 0 aliphatic heterocycles. The van der Waals surface area contributed by atoms with Gasteiger partial charge in [0.05, 0.1) is 6.61 Å². The Labute approximate surface area is 123 Å². The first-order chi connectivity index (χ1) is 10.1. The summed E-state index contributed by atoms with van der Waals surface area (Å²) in [6.45, 7) is 2.45. The van der Waals surface area contributed by atoms with E-state index in [0.717, 1.165) is 16.5 Å². The first-order valence-electron chi connectivity index (χ1n) is 6.91. The lowest BCUT2D eigenvalue weighted by atomic mass is 10.1. The summed E-state index contributed by atoms with van der Waals surface area (Å²) < 4.78 is 5.61. The maximum absolute atomic E-state index is 10.7. The fourth-order valence-electron chi connectivity index (χ4n) is 2.18. The number of ether oxygens (including phenoxy) is 1. The molecule has 4 nitrogen and oxygen atoms in total. The van der Waals surface area contributed by atoms with Crippen molar-refractivity contribution in [2.24, 2.45) is 5.92 Å². The summed E-state index contributed by atoms with van der Waals surface area (Å²) in [6, 6.07) is 12.1. The predicted molar refractivity (Wildman–Crippen MR) is 80.6 cm³/mol. The van der Waals surface area contributed by atoms with Gasteiger partial charge >= 0.3 is 5.97 Å². The number of rotatable bonds is 7. The van der Waals surface area contributed by atoms with E-state index in [4.69, 9.17) is 9.84 Å². The lowest BCUT2D eigenvalue weighted by molar-refractivity contribution is -0.143. The Kier molecular flexibility index (Phi) is 4.93. The van der Waals surface area contributed by atoms with E-state index in [1.54, 1.807) is 0 Å². The molecule has 21 heavy (non-hydrogen) atoms. The van der Waals surface area contributed by atoms with Gasteiger partial charge in [-0.2, -0.15) is 0 Å². The van der Waals surface area contributed by atoms with Crippen molar-refractivity contribution < 1.29 is 19.4 Å². The van der Waals surface area contributed by atoms with Crippen molar-refractivity contribution in [3.63, 3.8) is 0 Å². The Morgan fingerprint density at radius 2 is 1.95 bits per heavy atom. The van der Waals surface area contributed by atoms with E-state index in [1.165, 1.54) is 5.56 Å². The summed E-state index contributed by atoms with van der Waals surface area (Å²) >= 11 is 0. The maximum atomic E-state index is 10.7. The van der Waals surface area contributed by atoms with Crippen molar-refractivity contribution >= 4 is 23.0 Å². The number of hydrogen-bond donors (Lipinski definition) is 1. The molecule has 0 fully saturated rings. The van der Waals surface area contributed by atoms with Gasteiger partial charge in [-0.1, -0.05) is 29.8 Å². The highest BCUT2D eigenvalue weighted by Gasteiger charge is 2.15. The molecule has 0 aromatic heterocycles. The molecule has 1 unspecified atom stereocenters. The monoisotopic (exact) mass is 286 g/mol. The molecule has 2 aromatic rings. The average Bonchev–Trinajstić information content (AvgIpc) is 2.47. The smallest absolute Gasteiger partial charge is 0.313 e. The Morgan fingerprint density at radius 1 is 1.24 bits per heavy atom. The minimum atomic E-state index is -1.08. The molecule has 110 valence electrons. The SMILES string of the molecule is Cc1ccc2cc(OCCCC(C=O)C(=O)O)ccc2c1. The second-order valence-electron chi connectivity index (χ2n) is 5.08. The van der Waals surface area contributed by atoms with Crippen LogP contribution in [0.4, 0.5) is 0 Å². The molecule has 0 amide bonds. The number of carboxylic acid groups (broad SMARTS) is 1. The van der Waals surface area contributed by atoms with Gasteiger partial charge in [0.1, 0.15) is 18.0 Å². The van der Waals surface area contributed by atoms with Gasteiger partial charge < -0.3 is 14.6 Å². The first-order valence-corrected chi connectivity index (χ1v) is 6.91. The topological polar surface area (TPSA) is 63.6 Å². The summed E-state index contributed by atoms with van der Waals surface area (Å²) in [6.07, 6.45) is 1.30. The van der Waals surface area contributed by atoms with Crippen LogP contribution in [0, 0.1) is 12.8 Å². The van der Waals surface area contributed by atoms with Crippen molar-refractivity contribution in [3.05, 3.63) is 42.0 Å². The number of aryl methyl sites for hydroxylation is 1. The van der Waals surface area contributed by atoms with Gasteiger partial charge in [0, 0.05) is 0 Å². The Morgan fingerprint density at radius 3 is 2.67 bits per heavy atom. The molecule has 0 aliphatic rings. The van der Waals surface area contributed by atoms with Gasteiger partial charge in [-0.05, 0) is 42.7 Å². The van der Waals surface area contributed by atoms with Crippen LogP contribution in [0.5, 0.6) is 5.75 Å². The van der Waals surface area contributed by atoms with Crippen LogP contribution >= 0.6 is 0 Å². The summed E-state index contributed by atoms with van der Waals surface area (Å²) in [5, 5.41) is 11.0. The van der Waals surface area contributed by atoms with Crippen molar-refractivity contribution in [2.45, 2.75) is 19.8 Å². The lowest BCUT2D eigenvalue weighted by Gasteiger charge is -2.09. The third-order valence-electron chi connectivity index (χ3n) is 3.38. The number of carbonyl (C=O) groups is 2. The zero-order chi connectivity index (χ0) is 15.2. The van der Waals surface area contributed by atoms with E-state index < -0.39 is 11.9 Å². The highest BCUT2D eigenvalue weighted by molar-refractivity contribution is 5.86. The van der Waals surface area contributed by atoms with Gasteiger partial charge in [-0.3, -0.25) is 4.79 Å². The zero-order valence-corrected chi connectivity index (χ0v) is 11.9. The van der Waals surface area contributed by atoms with Crippen LogP contribution in [0.2, 0.25) is 0 Å². The van der Waals surface area contributed by atoms with Crippen LogP contribution in [0.3, 0.4) is 0 Å². The average molecular weight is 286 g/mol. The summed E-state index contributed by atoms with van der Waals surface area (Å²) in [5.41, 5.74) is 1.21. The molecular weight excluding hydrogens is 268 g/mol. The molecule has 0 saturated heterocycles. The quantitative estimate of drug-likeness (QED) is 0.482. The van der Waals surface area contributed by atoms with Crippen molar-refractivity contribution in [2.75, 3.05) is 6.61 Å². The van der Waals surface area contributed by atoms with Crippen LogP contribution in [0.25, 0.3) is 10.8 Å². The van der Waals surface area contributed by atoms with Gasteiger partial charge in [-0.15, -0.1) is 0 Å². The van der Waals surface area contributed by atoms with Crippen LogP contribution in [0.15, 0.2) is 36.4 Å². The van der Waals surface area contributed by atoms with Crippen molar-refractivity contribution in [1.29, 1.82) is 0 Å². The molecule has 1 atom stereocenters. The van der Waals surface area contributed by atoms with E-state index in [0.29, 0.717) is 25.7 Å². The van der Waals surface area contributed by atoms with E-state index in [-0.39, 0.29) is 0 Å². The van der Waals surface area contributed by atoms with Gasteiger partial charge in [0.2, 0.25) is 0 Å². The number of carboxylic acids is 1. The largest absolute Gasteiger partial charge is 0.494 e. The molecule has 0 radical (unpaired) electrons. The minimum absolute atomic E-state index is 0.297. The summed E-state index contributed by atoms with van der Waals surface area (Å²) in [7, 11) is 0. The second-order valence-corrected chi connectivity index (χ2v) is 5.08. The molecule has 0 heterocycles. The molecule has 0 spiro atoms.